The number of rotatable bonds is 4. The van der Waals surface area contributed by atoms with Gasteiger partial charge < -0.3 is 9.84 Å². The van der Waals surface area contributed by atoms with E-state index in [2.05, 4.69) is 27.7 Å². The van der Waals surface area contributed by atoms with Crippen LogP contribution in [0.3, 0.4) is 0 Å². The van der Waals surface area contributed by atoms with Crippen LogP contribution in [0, 0.1) is 52.3 Å². The molecule has 11 atom stereocenters. The van der Waals surface area contributed by atoms with Gasteiger partial charge in [-0.05, 0) is 110 Å². The minimum absolute atomic E-state index is 0.316. The van der Waals surface area contributed by atoms with E-state index < -0.39 is 0 Å². The van der Waals surface area contributed by atoms with Gasteiger partial charge in [-0.3, -0.25) is 0 Å². The minimum atomic E-state index is 0.316. The highest BCUT2D eigenvalue weighted by molar-refractivity contribution is 5.13. The first kappa shape index (κ1) is 20.8. The van der Waals surface area contributed by atoms with Gasteiger partial charge in [0.25, 0.3) is 0 Å². The second-order valence-corrected chi connectivity index (χ2v) is 12.6. The molecule has 4 aliphatic carbocycles. The van der Waals surface area contributed by atoms with Crippen LogP contribution in [0.25, 0.3) is 0 Å². The highest BCUT2D eigenvalue weighted by Crippen LogP contribution is 2.70. The zero-order valence-corrected chi connectivity index (χ0v) is 19.5. The van der Waals surface area contributed by atoms with Crippen LogP contribution in [-0.2, 0) is 4.74 Å². The van der Waals surface area contributed by atoms with E-state index in [1.807, 2.05) is 0 Å². The molecule has 5 rings (SSSR count). The zero-order valence-electron chi connectivity index (χ0n) is 19.5. The molecule has 4 saturated carbocycles. The summed E-state index contributed by atoms with van der Waals surface area (Å²) in [5, 5.41) is 9.40. The standard InChI is InChI=1S/C27H46O2/c1-17(16-28)8-11-23-18(2)25-24(29-23)15-22-20-10-9-19-7-5-6-13-26(19,3)21(20)12-14-27(22,25)4/h17-25,28H,5-16H2,1-4H3/t17-,18+,19?,20+,21-,22-,23?,24-,25-,26-,27-/m0/s1. The van der Waals surface area contributed by atoms with Gasteiger partial charge in [-0.25, -0.2) is 0 Å². The van der Waals surface area contributed by atoms with Crippen LogP contribution >= 0.6 is 0 Å². The molecule has 29 heavy (non-hydrogen) atoms. The lowest BCUT2D eigenvalue weighted by atomic mass is 9.44. The highest BCUT2D eigenvalue weighted by atomic mass is 16.5. The molecule has 1 N–H and O–H groups in total. The van der Waals surface area contributed by atoms with E-state index in [4.69, 9.17) is 4.74 Å². The molecule has 0 bridgehead atoms. The highest BCUT2D eigenvalue weighted by Gasteiger charge is 2.65. The average Bonchev–Trinajstić information content (AvgIpc) is 3.19. The van der Waals surface area contributed by atoms with Crippen molar-refractivity contribution < 1.29 is 9.84 Å². The summed E-state index contributed by atoms with van der Waals surface area (Å²) < 4.78 is 6.78. The summed E-state index contributed by atoms with van der Waals surface area (Å²) in [6.07, 6.45) is 16.5. The van der Waals surface area contributed by atoms with Gasteiger partial charge in [-0.1, -0.05) is 40.5 Å². The van der Waals surface area contributed by atoms with Crippen molar-refractivity contribution in [2.75, 3.05) is 6.61 Å². The summed E-state index contributed by atoms with van der Waals surface area (Å²) in [4.78, 5) is 0. The van der Waals surface area contributed by atoms with E-state index in [1.165, 1.54) is 57.8 Å². The molecular weight excluding hydrogens is 356 g/mol. The molecule has 0 spiro atoms. The van der Waals surface area contributed by atoms with Crippen molar-refractivity contribution in [3.63, 3.8) is 0 Å². The van der Waals surface area contributed by atoms with Crippen molar-refractivity contribution >= 4 is 0 Å². The van der Waals surface area contributed by atoms with Crippen molar-refractivity contribution in [3.05, 3.63) is 0 Å². The van der Waals surface area contributed by atoms with E-state index in [-0.39, 0.29) is 0 Å². The van der Waals surface area contributed by atoms with Gasteiger partial charge >= 0.3 is 0 Å². The Morgan fingerprint density at radius 3 is 2.62 bits per heavy atom. The van der Waals surface area contributed by atoms with Crippen LogP contribution in [0.1, 0.15) is 98.3 Å². The van der Waals surface area contributed by atoms with Crippen molar-refractivity contribution in [2.45, 2.75) is 111 Å². The average molecular weight is 403 g/mol. The molecule has 1 heterocycles. The molecule has 166 valence electrons. The fourth-order valence-electron chi connectivity index (χ4n) is 9.85. The zero-order chi connectivity index (χ0) is 20.4. The van der Waals surface area contributed by atoms with E-state index >= 15 is 0 Å². The molecule has 1 saturated heterocycles. The first-order valence-electron chi connectivity index (χ1n) is 13.1. The summed E-state index contributed by atoms with van der Waals surface area (Å²) in [7, 11) is 0. The molecule has 0 aromatic heterocycles. The topological polar surface area (TPSA) is 29.5 Å². The van der Waals surface area contributed by atoms with Crippen LogP contribution in [0.2, 0.25) is 0 Å². The number of aliphatic hydroxyl groups excluding tert-OH is 1. The smallest absolute Gasteiger partial charge is 0.0618 e. The largest absolute Gasteiger partial charge is 0.396 e. The molecule has 0 radical (unpaired) electrons. The SMILES string of the molecule is C[C@H](CO)CCC1O[C@H]2C[C@H]3[C@@H]4CCC5CCCC[C@]5(C)[C@H]4CC[C@]3(C)[C@H]2[C@@H]1C. The van der Waals surface area contributed by atoms with E-state index in [1.54, 1.807) is 0 Å². The Morgan fingerprint density at radius 2 is 1.83 bits per heavy atom. The Morgan fingerprint density at radius 1 is 1.00 bits per heavy atom. The Hall–Kier alpha value is -0.0800. The number of fused-ring (bicyclic) bond motifs is 7. The molecule has 0 amide bonds. The summed E-state index contributed by atoms with van der Waals surface area (Å²) >= 11 is 0. The van der Waals surface area contributed by atoms with Gasteiger partial charge in [-0.2, -0.15) is 0 Å². The third-order valence-electron chi connectivity index (χ3n) is 11.4. The molecule has 0 aromatic rings. The fraction of sp³-hybridized carbons (Fsp3) is 1.00. The predicted molar refractivity (Wildman–Crippen MR) is 119 cm³/mol. The Kier molecular flexibility index (Phi) is 5.38. The van der Waals surface area contributed by atoms with Crippen LogP contribution in [0.15, 0.2) is 0 Å². The van der Waals surface area contributed by atoms with Gasteiger partial charge in [0.05, 0.1) is 12.2 Å². The number of aliphatic hydroxyl groups is 1. The van der Waals surface area contributed by atoms with Crippen LogP contribution in [0.4, 0.5) is 0 Å². The lowest BCUT2D eigenvalue weighted by molar-refractivity contribution is -0.115. The Labute approximate surface area is 179 Å². The second-order valence-electron chi connectivity index (χ2n) is 12.6. The van der Waals surface area contributed by atoms with E-state index in [0.29, 0.717) is 41.5 Å². The maximum Gasteiger partial charge on any atom is 0.0618 e. The van der Waals surface area contributed by atoms with Gasteiger partial charge in [0.15, 0.2) is 0 Å². The number of hydrogen-bond donors (Lipinski definition) is 1. The molecule has 5 fully saturated rings. The number of ether oxygens (including phenoxy) is 1. The van der Waals surface area contributed by atoms with Gasteiger partial charge in [0.1, 0.15) is 0 Å². The maximum absolute atomic E-state index is 9.40. The third kappa shape index (κ3) is 3.09. The monoisotopic (exact) mass is 402 g/mol. The summed E-state index contributed by atoms with van der Waals surface area (Å²) in [5.74, 6) is 5.79. The lowest BCUT2D eigenvalue weighted by Gasteiger charge is -2.60. The predicted octanol–water partition coefficient (Wildman–Crippen LogP) is 6.46. The molecule has 2 heteroatoms. The lowest BCUT2D eigenvalue weighted by Crippen LogP contribution is -2.53. The Bertz CT molecular complexity index is 603. The molecule has 0 aromatic carbocycles. The van der Waals surface area contributed by atoms with Crippen LogP contribution in [0.5, 0.6) is 0 Å². The van der Waals surface area contributed by atoms with Gasteiger partial charge in [0, 0.05) is 6.61 Å². The summed E-state index contributed by atoms with van der Waals surface area (Å²) in [6.45, 7) is 10.4. The van der Waals surface area contributed by atoms with Gasteiger partial charge in [-0.15, -0.1) is 0 Å². The van der Waals surface area contributed by atoms with Crippen molar-refractivity contribution in [2.24, 2.45) is 52.3 Å². The molecule has 2 nitrogen and oxygen atoms in total. The minimum Gasteiger partial charge on any atom is -0.396 e. The normalized spacial score (nSPS) is 54.9. The fourth-order valence-corrected chi connectivity index (χ4v) is 9.85. The molecular formula is C27H46O2. The first-order valence-corrected chi connectivity index (χ1v) is 13.1. The molecule has 1 aliphatic heterocycles. The summed E-state index contributed by atoms with van der Waals surface area (Å²) in [5.41, 5.74) is 1.16. The van der Waals surface area contributed by atoms with Gasteiger partial charge in [0.2, 0.25) is 0 Å². The quantitative estimate of drug-likeness (QED) is 0.585. The maximum atomic E-state index is 9.40. The second kappa shape index (κ2) is 7.51. The van der Waals surface area contributed by atoms with E-state index in [0.717, 1.165) is 42.4 Å². The first-order chi connectivity index (χ1) is 13.9. The molecule has 2 unspecified atom stereocenters. The third-order valence-corrected chi connectivity index (χ3v) is 11.4. The van der Waals surface area contributed by atoms with Crippen molar-refractivity contribution in [1.29, 1.82) is 0 Å². The van der Waals surface area contributed by atoms with E-state index in [9.17, 15) is 5.11 Å². The summed E-state index contributed by atoms with van der Waals surface area (Å²) in [6, 6.07) is 0. The molecule has 5 aliphatic rings. The van der Waals surface area contributed by atoms with Crippen molar-refractivity contribution in [1.82, 2.24) is 0 Å². The number of hydrogen-bond acceptors (Lipinski definition) is 2. The van der Waals surface area contributed by atoms with Crippen molar-refractivity contribution in [3.8, 4) is 0 Å². The van der Waals surface area contributed by atoms with Crippen LogP contribution < -0.4 is 0 Å². The van der Waals surface area contributed by atoms with Crippen LogP contribution in [-0.4, -0.2) is 23.9 Å². The Balaban J connectivity index is 1.33.